The standard InChI is InChI=1S/C20H21F2N3O2/c1-12-19(13-6-8-25(12)9-7-13)24-15-3-4-16(23-11-15)14-2-5-17-18(10-14)27-20(21,22)26-17/h2-5,10-13,19,24H,6-9H2,1H3/t12-,19+/m1/s1. The summed E-state index contributed by atoms with van der Waals surface area (Å²) < 4.78 is 35.3. The van der Waals surface area contributed by atoms with E-state index in [4.69, 9.17) is 0 Å². The van der Waals surface area contributed by atoms with Gasteiger partial charge in [0.2, 0.25) is 0 Å². The Bertz CT molecular complexity index is 849. The quantitative estimate of drug-likeness (QED) is 0.882. The van der Waals surface area contributed by atoms with Crippen LogP contribution in [0, 0.1) is 5.92 Å². The molecular formula is C20H21F2N3O2. The van der Waals surface area contributed by atoms with Crippen molar-refractivity contribution >= 4 is 5.69 Å². The highest BCUT2D eigenvalue weighted by atomic mass is 19.3. The molecule has 3 saturated heterocycles. The average molecular weight is 373 g/mol. The maximum atomic E-state index is 13.2. The molecular weight excluding hydrogens is 352 g/mol. The lowest BCUT2D eigenvalue weighted by Gasteiger charge is -2.50. The molecule has 0 amide bonds. The summed E-state index contributed by atoms with van der Waals surface area (Å²) in [5.74, 6) is 0.779. The van der Waals surface area contributed by atoms with Gasteiger partial charge in [-0.15, -0.1) is 8.78 Å². The summed E-state index contributed by atoms with van der Waals surface area (Å²) in [4.78, 5) is 7.05. The zero-order chi connectivity index (χ0) is 18.6. The zero-order valence-electron chi connectivity index (χ0n) is 15.0. The van der Waals surface area contributed by atoms with Crippen molar-refractivity contribution in [1.29, 1.82) is 0 Å². The van der Waals surface area contributed by atoms with E-state index >= 15 is 0 Å². The van der Waals surface area contributed by atoms with Gasteiger partial charge >= 0.3 is 6.29 Å². The third-order valence-electron chi connectivity index (χ3n) is 5.97. The van der Waals surface area contributed by atoms with Gasteiger partial charge in [0.05, 0.1) is 17.6 Å². The monoisotopic (exact) mass is 373 g/mol. The van der Waals surface area contributed by atoms with Crippen LogP contribution in [-0.4, -0.2) is 41.4 Å². The summed E-state index contributed by atoms with van der Waals surface area (Å²) in [7, 11) is 0. The highest BCUT2D eigenvalue weighted by Gasteiger charge is 2.43. The number of rotatable bonds is 3. The molecule has 3 fully saturated rings. The number of benzene rings is 1. The Morgan fingerprint density at radius 1 is 1.11 bits per heavy atom. The van der Waals surface area contributed by atoms with E-state index in [0.717, 1.165) is 5.69 Å². The fourth-order valence-corrected chi connectivity index (χ4v) is 4.50. The second-order valence-corrected chi connectivity index (χ2v) is 7.55. The number of ether oxygens (including phenoxy) is 2. The second-order valence-electron chi connectivity index (χ2n) is 7.55. The van der Waals surface area contributed by atoms with Gasteiger partial charge < -0.3 is 14.8 Å². The van der Waals surface area contributed by atoms with E-state index in [1.165, 1.54) is 38.1 Å². The van der Waals surface area contributed by atoms with Crippen molar-refractivity contribution in [2.75, 3.05) is 18.4 Å². The minimum absolute atomic E-state index is 0.0302. The first-order valence-electron chi connectivity index (χ1n) is 9.35. The summed E-state index contributed by atoms with van der Waals surface area (Å²) in [6.45, 7) is 4.68. The van der Waals surface area contributed by atoms with Crippen LogP contribution in [0.15, 0.2) is 36.5 Å². The first-order chi connectivity index (χ1) is 13.0. The van der Waals surface area contributed by atoms with Gasteiger partial charge in [-0.05, 0) is 69.1 Å². The van der Waals surface area contributed by atoms with Gasteiger partial charge in [-0.1, -0.05) is 0 Å². The molecule has 1 N–H and O–H groups in total. The summed E-state index contributed by atoms with van der Waals surface area (Å²) in [6.07, 6.45) is 0.692. The first kappa shape index (κ1) is 16.7. The third kappa shape index (κ3) is 3.00. The van der Waals surface area contributed by atoms with E-state index in [2.05, 4.69) is 31.6 Å². The molecule has 5 nitrogen and oxygen atoms in total. The molecule has 1 aromatic heterocycles. The van der Waals surface area contributed by atoms with E-state index < -0.39 is 6.29 Å². The smallest absolute Gasteiger partial charge is 0.395 e. The average Bonchev–Trinajstić information content (AvgIpc) is 2.98. The molecule has 4 aliphatic heterocycles. The first-order valence-corrected chi connectivity index (χ1v) is 9.35. The highest BCUT2D eigenvalue weighted by molar-refractivity contribution is 5.65. The zero-order valence-corrected chi connectivity index (χ0v) is 15.0. The fraction of sp³-hybridized carbons (Fsp3) is 0.450. The van der Waals surface area contributed by atoms with Crippen LogP contribution in [0.5, 0.6) is 11.5 Å². The van der Waals surface area contributed by atoms with Gasteiger partial charge in [0, 0.05) is 17.6 Å². The number of pyridine rings is 1. The van der Waals surface area contributed by atoms with E-state index in [9.17, 15) is 8.78 Å². The molecule has 0 radical (unpaired) electrons. The normalized spacial score (nSPS) is 30.3. The summed E-state index contributed by atoms with van der Waals surface area (Å²) in [6, 6.07) is 9.56. The second kappa shape index (κ2) is 6.05. The maximum Gasteiger partial charge on any atom is 0.586 e. The number of alkyl halides is 2. The molecule has 0 aliphatic carbocycles. The van der Waals surface area contributed by atoms with Gasteiger partial charge in [-0.2, -0.15) is 0 Å². The van der Waals surface area contributed by atoms with Crippen LogP contribution < -0.4 is 14.8 Å². The van der Waals surface area contributed by atoms with Crippen molar-refractivity contribution < 1.29 is 18.3 Å². The largest absolute Gasteiger partial charge is 0.586 e. The van der Waals surface area contributed by atoms with Crippen molar-refractivity contribution in [3.8, 4) is 22.8 Å². The number of halogens is 2. The fourth-order valence-electron chi connectivity index (χ4n) is 4.50. The number of nitrogens with one attached hydrogen (secondary N) is 1. The molecule has 27 heavy (non-hydrogen) atoms. The van der Waals surface area contributed by atoms with E-state index in [0.29, 0.717) is 29.3 Å². The Labute approximate surface area is 156 Å². The molecule has 0 unspecified atom stereocenters. The molecule has 0 spiro atoms. The molecule has 1 aromatic carbocycles. The van der Waals surface area contributed by atoms with Crippen LogP contribution in [0.4, 0.5) is 14.5 Å². The van der Waals surface area contributed by atoms with E-state index in [1.54, 1.807) is 12.3 Å². The van der Waals surface area contributed by atoms with Gasteiger partial charge in [-0.3, -0.25) is 9.88 Å². The van der Waals surface area contributed by atoms with Crippen LogP contribution in [0.1, 0.15) is 19.8 Å². The molecule has 0 saturated carbocycles. The van der Waals surface area contributed by atoms with E-state index in [1.807, 2.05) is 12.1 Å². The predicted octanol–water partition coefficient (Wildman–Crippen LogP) is 3.96. The number of hydrogen-bond donors (Lipinski definition) is 1. The molecule has 4 aliphatic rings. The minimum atomic E-state index is -3.60. The molecule has 6 rings (SSSR count). The van der Waals surface area contributed by atoms with Crippen LogP contribution in [-0.2, 0) is 0 Å². The molecule has 7 heteroatoms. The Balaban J connectivity index is 1.33. The molecule has 2 atom stereocenters. The van der Waals surface area contributed by atoms with Crippen LogP contribution in [0.3, 0.4) is 0 Å². The number of hydrogen-bond acceptors (Lipinski definition) is 5. The van der Waals surface area contributed by atoms with Crippen molar-refractivity contribution in [3.05, 3.63) is 36.5 Å². The topological polar surface area (TPSA) is 46.6 Å². The minimum Gasteiger partial charge on any atom is -0.395 e. The Hall–Kier alpha value is -2.41. The van der Waals surface area contributed by atoms with E-state index in [-0.39, 0.29) is 11.5 Å². The maximum absolute atomic E-state index is 13.2. The third-order valence-corrected chi connectivity index (χ3v) is 5.97. The molecule has 2 aromatic rings. The van der Waals surface area contributed by atoms with Gasteiger partial charge in [0.25, 0.3) is 0 Å². The number of aromatic nitrogens is 1. The van der Waals surface area contributed by atoms with Crippen molar-refractivity contribution in [2.24, 2.45) is 5.92 Å². The molecule has 142 valence electrons. The lowest BCUT2D eigenvalue weighted by molar-refractivity contribution is -0.286. The number of nitrogens with zero attached hydrogens (tertiary/aromatic N) is 2. The van der Waals surface area contributed by atoms with Gasteiger partial charge in [0.15, 0.2) is 11.5 Å². The summed E-state index contributed by atoms with van der Waals surface area (Å²) >= 11 is 0. The number of anilines is 1. The molecule has 2 bridgehead atoms. The Kier molecular flexibility index (Phi) is 3.75. The SMILES string of the molecule is C[C@@H]1[C@H](Nc2ccc(-c3ccc4c(c3)OC(F)(F)O4)nc2)C2CCN1CC2. The number of piperidine rings is 3. The van der Waals surface area contributed by atoms with Crippen LogP contribution >= 0.6 is 0 Å². The highest BCUT2D eigenvalue weighted by Crippen LogP contribution is 2.42. The van der Waals surface area contributed by atoms with Gasteiger partial charge in [0.1, 0.15) is 0 Å². The summed E-state index contributed by atoms with van der Waals surface area (Å²) in [5.41, 5.74) is 2.39. The van der Waals surface area contributed by atoms with Crippen LogP contribution in [0.2, 0.25) is 0 Å². The number of fused-ring (bicyclic) bond motifs is 4. The summed E-state index contributed by atoms with van der Waals surface area (Å²) in [5, 5.41) is 3.65. The van der Waals surface area contributed by atoms with Crippen molar-refractivity contribution in [1.82, 2.24) is 9.88 Å². The Morgan fingerprint density at radius 3 is 2.59 bits per heavy atom. The lowest BCUT2D eigenvalue weighted by atomic mass is 9.79. The van der Waals surface area contributed by atoms with Gasteiger partial charge in [-0.25, -0.2) is 0 Å². The Morgan fingerprint density at radius 2 is 1.89 bits per heavy atom. The molecule has 5 heterocycles. The van der Waals surface area contributed by atoms with Crippen LogP contribution in [0.25, 0.3) is 11.3 Å². The van der Waals surface area contributed by atoms with Crippen molar-refractivity contribution in [2.45, 2.75) is 38.1 Å². The van der Waals surface area contributed by atoms with Crippen molar-refractivity contribution in [3.63, 3.8) is 0 Å². The predicted molar refractivity (Wildman–Crippen MR) is 97.0 cm³/mol. The lowest BCUT2D eigenvalue weighted by Crippen LogP contribution is -2.59.